The van der Waals surface area contributed by atoms with Gasteiger partial charge in [0.25, 0.3) is 0 Å². The highest BCUT2D eigenvalue weighted by Gasteiger charge is 2.16. The van der Waals surface area contributed by atoms with E-state index in [-0.39, 0.29) is 5.91 Å². The first-order chi connectivity index (χ1) is 9.10. The second-order valence-electron chi connectivity index (χ2n) is 3.49. The Morgan fingerprint density at radius 1 is 1.58 bits per heavy atom. The minimum Gasteiger partial charge on any atom is -0.496 e. The van der Waals surface area contributed by atoms with Crippen LogP contribution in [0.4, 0.5) is 4.39 Å². The van der Waals surface area contributed by atoms with E-state index in [1.807, 2.05) is 0 Å². The fourth-order valence-corrected chi connectivity index (χ4v) is 2.52. The first kappa shape index (κ1) is 14.0. The summed E-state index contributed by atoms with van der Waals surface area (Å²) < 4.78 is 18.7. The fourth-order valence-electron chi connectivity index (χ4n) is 1.37. The lowest BCUT2D eigenvalue weighted by molar-refractivity contribution is -0.116. The van der Waals surface area contributed by atoms with Crippen LogP contribution in [0.25, 0.3) is 0 Å². The van der Waals surface area contributed by atoms with Gasteiger partial charge in [-0.1, -0.05) is 11.8 Å². The number of ether oxygens (including phenoxy) is 1. The Morgan fingerprint density at radius 2 is 2.37 bits per heavy atom. The van der Waals surface area contributed by atoms with Crippen LogP contribution in [0.15, 0.2) is 26.8 Å². The SMILES string of the molecule is COc1cc(F)cc(Br)c1C=NN=C1NC(=O)CS1. The zero-order valence-electron chi connectivity index (χ0n) is 9.81. The van der Waals surface area contributed by atoms with Crippen LogP contribution in [0.1, 0.15) is 5.56 Å². The molecule has 0 aliphatic carbocycles. The quantitative estimate of drug-likeness (QED) is 0.674. The minimum absolute atomic E-state index is 0.0977. The molecule has 1 saturated heterocycles. The van der Waals surface area contributed by atoms with Crippen molar-refractivity contribution in [1.29, 1.82) is 0 Å². The van der Waals surface area contributed by atoms with E-state index in [4.69, 9.17) is 4.74 Å². The minimum atomic E-state index is -0.411. The van der Waals surface area contributed by atoms with Gasteiger partial charge in [0, 0.05) is 10.5 Å². The monoisotopic (exact) mass is 345 g/mol. The van der Waals surface area contributed by atoms with Crippen molar-refractivity contribution in [3.8, 4) is 5.75 Å². The molecule has 19 heavy (non-hydrogen) atoms. The van der Waals surface area contributed by atoms with E-state index < -0.39 is 5.82 Å². The molecule has 1 N–H and O–H groups in total. The standard InChI is InChI=1S/C11H9BrFN3O2S/c1-18-9-3-6(13)2-8(12)7(9)4-14-16-11-15-10(17)5-19-11/h2-4H,5H2,1H3,(H,15,16,17). The van der Waals surface area contributed by atoms with E-state index in [0.717, 1.165) is 0 Å². The van der Waals surface area contributed by atoms with Gasteiger partial charge in [-0.15, -0.1) is 5.10 Å². The lowest BCUT2D eigenvalue weighted by atomic mass is 10.2. The molecule has 0 unspecified atom stereocenters. The average molecular weight is 346 g/mol. The maximum Gasteiger partial charge on any atom is 0.236 e. The van der Waals surface area contributed by atoms with Crippen molar-refractivity contribution >= 4 is 45.0 Å². The summed E-state index contributed by atoms with van der Waals surface area (Å²) in [5, 5.41) is 10.7. The maximum atomic E-state index is 13.2. The molecule has 0 bridgehead atoms. The summed E-state index contributed by atoms with van der Waals surface area (Å²) in [6.07, 6.45) is 1.43. The van der Waals surface area contributed by atoms with Crippen LogP contribution >= 0.6 is 27.7 Å². The normalized spacial score (nSPS) is 17.2. The first-order valence-electron chi connectivity index (χ1n) is 5.17. The van der Waals surface area contributed by atoms with Crippen molar-refractivity contribution in [2.75, 3.05) is 12.9 Å². The number of carbonyl (C=O) groups is 1. The molecule has 1 fully saturated rings. The molecular weight excluding hydrogens is 337 g/mol. The molecule has 0 radical (unpaired) electrons. The summed E-state index contributed by atoms with van der Waals surface area (Å²) in [7, 11) is 1.44. The zero-order valence-corrected chi connectivity index (χ0v) is 12.2. The molecule has 0 saturated carbocycles. The highest BCUT2D eigenvalue weighted by Crippen LogP contribution is 2.26. The number of amides is 1. The number of hydrogen-bond acceptors (Lipinski definition) is 5. The molecule has 1 aliphatic rings. The summed E-state index contributed by atoms with van der Waals surface area (Å²) >= 11 is 4.50. The van der Waals surface area contributed by atoms with E-state index in [2.05, 4.69) is 31.4 Å². The molecule has 1 heterocycles. The Balaban J connectivity index is 2.21. The number of amidine groups is 1. The van der Waals surface area contributed by atoms with Crippen LogP contribution in [-0.2, 0) is 4.79 Å². The molecular formula is C11H9BrFN3O2S. The van der Waals surface area contributed by atoms with E-state index in [9.17, 15) is 9.18 Å². The lowest BCUT2D eigenvalue weighted by Crippen LogP contribution is -2.19. The Hall–Kier alpha value is -1.41. The largest absolute Gasteiger partial charge is 0.496 e. The summed E-state index contributed by atoms with van der Waals surface area (Å²) in [5.41, 5.74) is 0.572. The number of rotatable bonds is 3. The van der Waals surface area contributed by atoms with Gasteiger partial charge in [-0.25, -0.2) is 4.39 Å². The topological polar surface area (TPSA) is 63.1 Å². The number of nitrogens with zero attached hydrogens (tertiary/aromatic N) is 2. The Labute approximate surface area is 121 Å². The van der Waals surface area contributed by atoms with Crippen LogP contribution in [-0.4, -0.2) is 30.2 Å². The van der Waals surface area contributed by atoms with Gasteiger partial charge in [-0.3, -0.25) is 4.79 Å². The molecule has 0 spiro atoms. The molecule has 1 amide bonds. The van der Waals surface area contributed by atoms with Crippen LogP contribution in [0.3, 0.4) is 0 Å². The van der Waals surface area contributed by atoms with Gasteiger partial charge >= 0.3 is 0 Å². The van der Waals surface area contributed by atoms with Crippen LogP contribution in [0.5, 0.6) is 5.75 Å². The van der Waals surface area contributed by atoms with E-state index in [0.29, 0.717) is 26.7 Å². The van der Waals surface area contributed by atoms with Gasteiger partial charge in [0.2, 0.25) is 5.91 Å². The first-order valence-corrected chi connectivity index (χ1v) is 6.94. The van der Waals surface area contributed by atoms with Gasteiger partial charge in [0.15, 0.2) is 5.17 Å². The predicted molar refractivity (Wildman–Crippen MR) is 76.3 cm³/mol. The smallest absolute Gasteiger partial charge is 0.236 e. The molecule has 1 aliphatic heterocycles. The number of methoxy groups -OCH3 is 1. The van der Waals surface area contributed by atoms with Gasteiger partial charge in [-0.2, -0.15) is 5.10 Å². The van der Waals surface area contributed by atoms with Crippen LogP contribution < -0.4 is 10.1 Å². The van der Waals surface area contributed by atoms with Crippen molar-refractivity contribution in [1.82, 2.24) is 5.32 Å². The summed E-state index contributed by atoms with van der Waals surface area (Å²) in [6, 6.07) is 2.56. The molecule has 0 atom stereocenters. The number of thioether (sulfide) groups is 1. The lowest BCUT2D eigenvalue weighted by Gasteiger charge is -2.06. The van der Waals surface area contributed by atoms with Crippen molar-refractivity contribution in [3.63, 3.8) is 0 Å². The molecule has 1 aromatic carbocycles. The zero-order chi connectivity index (χ0) is 13.8. The third kappa shape index (κ3) is 3.54. The fraction of sp³-hybridized carbons (Fsp3) is 0.182. The van der Waals surface area contributed by atoms with Crippen molar-refractivity contribution in [2.45, 2.75) is 0 Å². The number of halogens is 2. The van der Waals surface area contributed by atoms with Crippen LogP contribution in [0.2, 0.25) is 0 Å². The molecule has 1 aromatic rings. The van der Waals surface area contributed by atoms with E-state index in [1.165, 1.54) is 37.2 Å². The van der Waals surface area contributed by atoms with Crippen molar-refractivity contribution in [3.05, 3.63) is 28.0 Å². The predicted octanol–water partition coefficient (Wildman–Crippen LogP) is 2.15. The van der Waals surface area contributed by atoms with Crippen molar-refractivity contribution < 1.29 is 13.9 Å². The van der Waals surface area contributed by atoms with Gasteiger partial charge in [-0.05, 0) is 22.0 Å². The van der Waals surface area contributed by atoms with Gasteiger partial charge in [0.1, 0.15) is 11.6 Å². The number of benzene rings is 1. The summed E-state index contributed by atoms with van der Waals surface area (Å²) in [6.45, 7) is 0. The van der Waals surface area contributed by atoms with Crippen LogP contribution in [0, 0.1) is 5.82 Å². The highest BCUT2D eigenvalue weighted by atomic mass is 79.9. The Bertz CT molecular complexity index is 577. The summed E-state index contributed by atoms with van der Waals surface area (Å²) in [5.74, 6) is 0.182. The molecule has 0 aromatic heterocycles. The molecule has 8 heteroatoms. The average Bonchev–Trinajstić information content (AvgIpc) is 2.77. The molecule has 2 rings (SSSR count). The van der Waals surface area contributed by atoms with E-state index >= 15 is 0 Å². The Morgan fingerprint density at radius 3 is 3.00 bits per heavy atom. The number of nitrogens with one attached hydrogen (secondary N) is 1. The van der Waals surface area contributed by atoms with Gasteiger partial charge < -0.3 is 10.1 Å². The number of carbonyl (C=O) groups excluding carboxylic acids is 1. The van der Waals surface area contributed by atoms with Gasteiger partial charge in [0.05, 0.1) is 24.6 Å². The van der Waals surface area contributed by atoms with Crippen molar-refractivity contribution in [2.24, 2.45) is 10.2 Å². The molecule has 100 valence electrons. The third-order valence-electron chi connectivity index (χ3n) is 2.20. The Kier molecular flexibility index (Phi) is 4.54. The second kappa shape index (κ2) is 6.16. The third-order valence-corrected chi connectivity index (χ3v) is 3.72. The highest BCUT2D eigenvalue weighted by molar-refractivity contribution is 9.10. The molecule has 5 nitrogen and oxygen atoms in total. The number of hydrogen-bond donors (Lipinski definition) is 1. The second-order valence-corrected chi connectivity index (χ2v) is 5.31. The van der Waals surface area contributed by atoms with E-state index in [1.54, 1.807) is 0 Å². The maximum absolute atomic E-state index is 13.2. The summed E-state index contributed by atoms with van der Waals surface area (Å²) in [4.78, 5) is 10.9.